The van der Waals surface area contributed by atoms with E-state index in [1.807, 2.05) is 48.5 Å². The highest BCUT2D eigenvalue weighted by atomic mass is 35.5. The molecule has 146 valence electrons. The summed E-state index contributed by atoms with van der Waals surface area (Å²) >= 11 is 6.05. The molecule has 0 bridgehead atoms. The molecule has 0 saturated carbocycles. The number of allylic oxidation sites excluding steroid dienone is 1. The number of carbonyl (C=O) groups excluding carboxylic acids is 1. The lowest BCUT2D eigenvalue weighted by Crippen LogP contribution is -2.15. The summed E-state index contributed by atoms with van der Waals surface area (Å²) in [7, 11) is -2.50. The molecule has 0 fully saturated rings. The molecule has 29 heavy (non-hydrogen) atoms. The first-order valence-electron chi connectivity index (χ1n) is 9.00. The number of aldehydes is 1. The van der Waals surface area contributed by atoms with Gasteiger partial charge in [0.1, 0.15) is 28.5 Å². The minimum absolute atomic E-state index is 0.0145. The van der Waals surface area contributed by atoms with Gasteiger partial charge < -0.3 is 9.53 Å². The van der Waals surface area contributed by atoms with Gasteiger partial charge in [0.15, 0.2) is 0 Å². The van der Waals surface area contributed by atoms with Crippen molar-refractivity contribution in [2.45, 2.75) is 11.7 Å². The second kappa shape index (κ2) is 8.23. The van der Waals surface area contributed by atoms with Gasteiger partial charge >= 0.3 is 0 Å². The highest BCUT2D eigenvalue weighted by Crippen LogP contribution is 2.45. The van der Waals surface area contributed by atoms with Crippen LogP contribution in [0.1, 0.15) is 28.2 Å². The molecule has 1 heterocycles. The lowest BCUT2D eigenvalue weighted by molar-refractivity contribution is -0.108. The second-order valence-electron chi connectivity index (χ2n) is 6.69. The molecule has 0 spiro atoms. The largest absolute Gasteiger partial charge is 0.456 e. The number of rotatable bonds is 5. The van der Waals surface area contributed by atoms with Crippen LogP contribution in [0.4, 0.5) is 0 Å². The topological polar surface area (TPSA) is 60.4 Å². The molecule has 3 aromatic carbocycles. The molecule has 0 aromatic heterocycles. The Hall–Kier alpha value is -2.89. The fourth-order valence-electron chi connectivity index (χ4n) is 3.50. The number of fused-ring (bicyclic) bond motifs is 1. The van der Waals surface area contributed by atoms with Crippen LogP contribution in [-0.4, -0.2) is 14.7 Å². The van der Waals surface area contributed by atoms with Crippen molar-refractivity contribution in [3.8, 4) is 5.75 Å². The number of hydrogen-bond acceptors (Lipinski definition) is 4. The third-order valence-corrected chi connectivity index (χ3v) is 5.72. The molecular formula is C23H17ClO4S. The summed E-state index contributed by atoms with van der Waals surface area (Å²) in [6.07, 6.45) is 0.918. The summed E-state index contributed by atoms with van der Waals surface area (Å²) < 4.78 is 28.2. The Labute approximate surface area is 175 Å². The number of para-hydroxylation sites is 1. The molecule has 1 aliphatic rings. The molecule has 0 N–H and O–H groups in total. The molecule has 6 heteroatoms. The van der Waals surface area contributed by atoms with E-state index >= 15 is 0 Å². The van der Waals surface area contributed by atoms with Gasteiger partial charge in [0.05, 0.1) is 11.7 Å². The van der Waals surface area contributed by atoms with Crippen LogP contribution in [0.5, 0.6) is 5.75 Å². The van der Waals surface area contributed by atoms with E-state index in [1.54, 1.807) is 24.3 Å². The Kier molecular flexibility index (Phi) is 5.51. The van der Waals surface area contributed by atoms with E-state index < -0.39 is 16.6 Å². The molecule has 4 nitrogen and oxygen atoms in total. The van der Waals surface area contributed by atoms with Crippen molar-refractivity contribution in [3.05, 3.63) is 100 Å². The summed E-state index contributed by atoms with van der Waals surface area (Å²) in [6.45, 7) is 0. The molecular weight excluding hydrogens is 408 g/mol. The highest BCUT2D eigenvalue weighted by Gasteiger charge is 2.31. The summed E-state index contributed by atoms with van der Waals surface area (Å²) in [5.74, 6) is 0.691. The number of ether oxygens (including phenoxy) is 1. The Morgan fingerprint density at radius 2 is 1.55 bits per heavy atom. The van der Waals surface area contributed by atoms with Gasteiger partial charge in [-0.2, -0.15) is 0 Å². The summed E-state index contributed by atoms with van der Waals surface area (Å²) in [4.78, 5) is 12.1. The average Bonchev–Trinajstić information content (AvgIpc) is 2.73. The summed E-state index contributed by atoms with van der Waals surface area (Å²) in [5.41, 5.74) is 3.85. The molecule has 4 rings (SSSR count). The van der Waals surface area contributed by atoms with E-state index in [9.17, 15) is 13.2 Å². The molecule has 1 atom stereocenters. The third kappa shape index (κ3) is 3.97. The Balaban J connectivity index is 1.89. The normalized spacial score (nSPS) is 15.7. The lowest BCUT2D eigenvalue weighted by atomic mass is 9.83. The maximum absolute atomic E-state index is 12.1. The predicted octanol–water partition coefficient (Wildman–Crippen LogP) is 4.69. The van der Waals surface area contributed by atoms with E-state index in [0.717, 1.165) is 28.5 Å². The van der Waals surface area contributed by atoms with E-state index in [0.29, 0.717) is 22.1 Å². The molecule has 0 aliphatic carbocycles. The molecule has 0 saturated heterocycles. The maximum Gasteiger partial charge on any atom is 0.144 e. The van der Waals surface area contributed by atoms with Gasteiger partial charge in [-0.3, -0.25) is 0 Å². The number of halogens is 1. The Morgan fingerprint density at radius 3 is 2.21 bits per heavy atom. The first kappa shape index (κ1) is 19.4. The molecule has 3 aromatic rings. The van der Waals surface area contributed by atoms with Crippen molar-refractivity contribution in [2.24, 2.45) is 0 Å². The highest BCUT2D eigenvalue weighted by molar-refractivity contribution is 7.71. The third-order valence-electron chi connectivity index (χ3n) is 4.84. The lowest BCUT2D eigenvalue weighted by Gasteiger charge is -2.28. The Morgan fingerprint density at radius 1 is 0.897 bits per heavy atom. The fourth-order valence-corrected chi connectivity index (χ4v) is 4.13. The van der Waals surface area contributed by atoms with Crippen molar-refractivity contribution >= 4 is 39.9 Å². The smallest absolute Gasteiger partial charge is 0.144 e. The molecule has 1 unspecified atom stereocenters. The first-order valence-corrected chi connectivity index (χ1v) is 10.7. The second-order valence-corrected chi connectivity index (χ2v) is 8.11. The van der Waals surface area contributed by atoms with Crippen molar-refractivity contribution in [3.63, 3.8) is 0 Å². The SMILES string of the molecule is O=CC1C(c2ccc(Cl)cc2)=C(c2ccc(C[SH](=O)=O)cc2)Oc2ccccc21. The standard InChI is InChI=1S/C23H17ClO4S/c24-18-11-9-16(10-12-18)22-20(13-25)19-3-1-2-4-21(19)28-23(22)17-7-5-15(6-8-17)14-29(26)27/h1-13,20,29H,14H2. The zero-order valence-corrected chi connectivity index (χ0v) is 16.9. The van der Waals surface area contributed by atoms with Crippen LogP contribution in [-0.2, 0) is 21.3 Å². The van der Waals surface area contributed by atoms with Crippen molar-refractivity contribution in [1.29, 1.82) is 0 Å². The fraction of sp³-hybridized carbons (Fsp3) is 0.0870. The van der Waals surface area contributed by atoms with Gasteiger partial charge in [-0.05, 0) is 29.3 Å². The van der Waals surface area contributed by atoms with Gasteiger partial charge in [0.25, 0.3) is 0 Å². The predicted molar refractivity (Wildman–Crippen MR) is 115 cm³/mol. The summed E-state index contributed by atoms with van der Waals surface area (Å²) in [5, 5.41) is 0.603. The van der Waals surface area contributed by atoms with Crippen LogP contribution < -0.4 is 4.74 Å². The van der Waals surface area contributed by atoms with E-state index in [1.165, 1.54) is 0 Å². The van der Waals surface area contributed by atoms with Crippen LogP contribution >= 0.6 is 11.6 Å². The first-order chi connectivity index (χ1) is 14.1. The zero-order chi connectivity index (χ0) is 20.4. The molecule has 0 radical (unpaired) electrons. The number of thiol groups is 1. The van der Waals surface area contributed by atoms with E-state index in [-0.39, 0.29) is 5.75 Å². The summed E-state index contributed by atoms with van der Waals surface area (Å²) in [6, 6.07) is 21.9. The minimum atomic E-state index is -2.50. The van der Waals surface area contributed by atoms with Gasteiger partial charge in [-0.15, -0.1) is 0 Å². The minimum Gasteiger partial charge on any atom is -0.456 e. The van der Waals surface area contributed by atoms with Gasteiger partial charge in [-0.25, -0.2) is 8.42 Å². The van der Waals surface area contributed by atoms with Crippen molar-refractivity contribution < 1.29 is 17.9 Å². The number of carbonyl (C=O) groups is 1. The average molecular weight is 425 g/mol. The van der Waals surface area contributed by atoms with Gasteiger partial charge in [0, 0.05) is 21.7 Å². The van der Waals surface area contributed by atoms with Crippen LogP contribution in [0.2, 0.25) is 5.02 Å². The maximum atomic E-state index is 12.1. The van der Waals surface area contributed by atoms with Crippen LogP contribution in [0.15, 0.2) is 72.8 Å². The van der Waals surface area contributed by atoms with Crippen LogP contribution in [0.3, 0.4) is 0 Å². The van der Waals surface area contributed by atoms with Crippen LogP contribution in [0.25, 0.3) is 11.3 Å². The Bertz CT molecular complexity index is 1150. The quantitative estimate of drug-likeness (QED) is 0.476. The van der Waals surface area contributed by atoms with E-state index in [2.05, 4.69) is 0 Å². The number of hydrogen-bond donors (Lipinski definition) is 1. The van der Waals surface area contributed by atoms with Crippen molar-refractivity contribution in [2.75, 3.05) is 0 Å². The van der Waals surface area contributed by atoms with Crippen LogP contribution in [0, 0.1) is 0 Å². The zero-order valence-electron chi connectivity index (χ0n) is 15.2. The molecule has 0 amide bonds. The van der Waals surface area contributed by atoms with E-state index in [4.69, 9.17) is 16.3 Å². The van der Waals surface area contributed by atoms with Gasteiger partial charge in [-0.1, -0.05) is 66.2 Å². The number of benzene rings is 3. The molecule has 1 aliphatic heterocycles. The monoisotopic (exact) mass is 424 g/mol. The van der Waals surface area contributed by atoms with Crippen molar-refractivity contribution in [1.82, 2.24) is 0 Å². The van der Waals surface area contributed by atoms with Gasteiger partial charge in [0.2, 0.25) is 0 Å².